The Bertz CT molecular complexity index is 1510. The van der Waals surface area contributed by atoms with Gasteiger partial charge < -0.3 is 4.18 Å². The van der Waals surface area contributed by atoms with Gasteiger partial charge in [-0.2, -0.15) is 8.42 Å². The Morgan fingerprint density at radius 3 is 2.38 bits per heavy atom. The van der Waals surface area contributed by atoms with E-state index in [0.717, 1.165) is 5.56 Å². The maximum Gasteiger partial charge on any atom is 0.313 e. The first-order valence-electron chi connectivity index (χ1n) is 8.96. The Morgan fingerprint density at radius 2 is 1.72 bits per heavy atom. The number of rotatable bonds is 5. The summed E-state index contributed by atoms with van der Waals surface area (Å²) in [6.45, 7) is 1.89. The van der Waals surface area contributed by atoms with Crippen molar-refractivity contribution in [2.75, 3.05) is 0 Å². The molecular formula is C20H12Br2ClN3O5S. The normalized spacial score (nSPS) is 11.8. The molecule has 0 unspecified atom stereocenters. The number of nitrogens with zero attached hydrogens (tertiary/aromatic N) is 3. The van der Waals surface area contributed by atoms with Crippen molar-refractivity contribution in [3.63, 3.8) is 0 Å². The van der Waals surface area contributed by atoms with Crippen LogP contribution in [0.2, 0.25) is 5.02 Å². The molecule has 164 valence electrons. The van der Waals surface area contributed by atoms with Crippen LogP contribution in [-0.2, 0) is 15.9 Å². The van der Waals surface area contributed by atoms with Gasteiger partial charge in [0.25, 0.3) is 5.69 Å². The Morgan fingerprint density at radius 1 is 1.03 bits per heavy atom. The fourth-order valence-corrected chi connectivity index (χ4v) is 5.65. The summed E-state index contributed by atoms with van der Waals surface area (Å²) in [7, 11) is -4.17. The lowest BCUT2D eigenvalue weighted by atomic mass is 10.2. The van der Waals surface area contributed by atoms with Crippen LogP contribution >= 0.6 is 43.5 Å². The summed E-state index contributed by atoms with van der Waals surface area (Å²) < 4.78 is 31.7. The summed E-state index contributed by atoms with van der Waals surface area (Å²) in [5, 5.41) is 11.0. The lowest BCUT2D eigenvalue weighted by molar-refractivity contribution is -0.384. The lowest BCUT2D eigenvalue weighted by Crippen LogP contribution is -2.13. The fraction of sp³-hybridized carbons (Fsp3) is 0.100. The monoisotopic (exact) mass is 599 g/mol. The molecule has 0 atom stereocenters. The van der Waals surface area contributed by atoms with Crippen LogP contribution in [-0.4, -0.2) is 23.3 Å². The second-order valence-corrected chi connectivity index (χ2v) is 10.4. The molecule has 0 aliphatic heterocycles. The van der Waals surface area contributed by atoms with Gasteiger partial charge >= 0.3 is 10.1 Å². The maximum atomic E-state index is 12.8. The van der Waals surface area contributed by atoms with Gasteiger partial charge in [0, 0.05) is 12.1 Å². The van der Waals surface area contributed by atoms with Crippen LogP contribution in [0.1, 0.15) is 11.1 Å². The van der Waals surface area contributed by atoms with Crippen LogP contribution in [0.15, 0.2) is 51.4 Å². The van der Waals surface area contributed by atoms with Gasteiger partial charge in [0.05, 0.1) is 29.9 Å². The summed E-state index contributed by atoms with van der Waals surface area (Å²) in [5.41, 5.74) is 2.86. The molecule has 8 nitrogen and oxygen atoms in total. The SMILES string of the molecule is Cc1cccc2nc3c(OS(=O)(=O)Cc4ccc([N+](=O)[O-])cc4)c(Br)c(Cl)c(Br)c3nc12. The van der Waals surface area contributed by atoms with Crippen molar-refractivity contribution >= 4 is 81.3 Å². The number of hydrogen-bond acceptors (Lipinski definition) is 7. The number of non-ortho nitro benzene ring substituents is 1. The molecule has 0 saturated carbocycles. The van der Waals surface area contributed by atoms with E-state index in [0.29, 0.717) is 26.6 Å². The van der Waals surface area contributed by atoms with Gasteiger partial charge in [-0.1, -0.05) is 35.9 Å². The van der Waals surface area contributed by atoms with Gasteiger partial charge in [0.15, 0.2) is 5.75 Å². The number of fused-ring (bicyclic) bond motifs is 2. The molecule has 0 saturated heterocycles. The van der Waals surface area contributed by atoms with E-state index in [1.54, 1.807) is 6.07 Å². The van der Waals surface area contributed by atoms with Gasteiger partial charge in [0.2, 0.25) is 0 Å². The molecule has 0 bridgehead atoms. The predicted molar refractivity (Wildman–Crippen MR) is 129 cm³/mol. The number of para-hydroxylation sites is 1. The van der Waals surface area contributed by atoms with Gasteiger partial charge in [-0.25, -0.2) is 9.97 Å². The molecule has 12 heteroatoms. The van der Waals surface area contributed by atoms with Crippen molar-refractivity contribution in [1.29, 1.82) is 0 Å². The lowest BCUT2D eigenvalue weighted by Gasteiger charge is -2.14. The zero-order valence-electron chi connectivity index (χ0n) is 16.2. The van der Waals surface area contributed by atoms with Crippen molar-refractivity contribution in [3.05, 3.63) is 77.7 Å². The molecule has 0 N–H and O–H groups in total. The van der Waals surface area contributed by atoms with Crippen LogP contribution in [0.5, 0.6) is 5.75 Å². The number of nitro benzene ring substituents is 1. The van der Waals surface area contributed by atoms with E-state index < -0.39 is 20.8 Å². The fourth-order valence-electron chi connectivity index (χ4n) is 3.08. The van der Waals surface area contributed by atoms with Crippen LogP contribution in [0, 0.1) is 17.0 Å². The molecule has 0 spiro atoms. The molecule has 3 aromatic carbocycles. The van der Waals surface area contributed by atoms with Crippen LogP contribution in [0.4, 0.5) is 5.69 Å². The van der Waals surface area contributed by atoms with E-state index in [1.807, 2.05) is 19.1 Å². The van der Waals surface area contributed by atoms with Crippen LogP contribution in [0.3, 0.4) is 0 Å². The van der Waals surface area contributed by atoms with Crippen molar-refractivity contribution in [2.24, 2.45) is 0 Å². The number of aromatic nitrogens is 2. The van der Waals surface area contributed by atoms with E-state index in [4.69, 9.17) is 15.8 Å². The molecule has 0 fully saturated rings. The summed E-state index contributed by atoms with van der Waals surface area (Å²) in [6, 6.07) is 10.7. The highest BCUT2D eigenvalue weighted by atomic mass is 79.9. The van der Waals surface area contributed by atoms with Crippen molar-refractivity contribution in [1.82, 2.24) is 9.97 Å². The molecule has 4 rings (SSSR count). The maximum absolute atomic E-state index is 12.8. The Labute approximate surface area is 204 Å². The minimum atomic E-state index is -4.17. The third kappa shape index (κ3) is 4.29. The topological polar surface area (TPSA) is 112 Å². The zero-order chi connectivity index (χ0) is 23.2. The first-order valence-corrected chi connectivity index (χ1v) is 12.5. The molecule has 0 amide bonds. The standard InChI is InChI=1S/C20H12Br2ClN3O5S/c1-10-3-2-4-13-17(10)25-18-14(21)16(23)15(22)20(19(18)24-13)31-32(29,30)9-11-5-7-12(8-6-11)26(27)28/h2-8H,9H2,1H3. The molecular weight excluding hydrogens is 590 g/mol. The quantitative estimate of drug-likeness (QED) is 0.0895. The molecule has 1 heterocycles. The molecule has 0 aliphatic rings. The third-order valence-corrected chi connectivity index (χ3v) is 8.08. The number of nitro groups is 1. The van der Waals surface area contributed by atoms with E-state index >= 15 is 0 Å². The van der Waals surface area contributed by atoms with Gasteiger partial charge in [-0.3, -0.25) is 10.1 Å². The van der Waals surface area contributed by atoms with Crippen molar-refractivity contribution < 1.29 is 17.5 Å². The Hall–Kier alpha value is -2.34. The third-order valence-electron chi connectivity index (χ3n) is 4.61. The number of halogens is 3. The van der Waals surface area contributed by atoms with Crippen LogP contribution < -0.4 is 4.18 Å². The smallest absolute Gasteiger partial charge is 0.313 e. The predicted octanol–water partition coefficient (Wildman–Crippen LogP) is 6.09. The van der Waals surface area contributed by atoms with Crippen LogP contribution in [0.25, 0.3) is 22.1 Å². The largest absolute Gasteiger partial charge is 0.378 e. The van der Waals surface area contributed by atoms with E-state index in [2.05, 4.69) is 41.8 Å². The minimum absolute atomic E-state index is 0.0917. The van der Waals surface area contributed by atoms with Gasteiger partial charge in [0.1, 0.15) is 16.8 Å². The Kier molecular flexibility index (Phi) is 6.10. The summed E-state index contributed by atoms with van der Waals surface area (Å²) in [4.78, 5) is 19.4. The molecule has 0 aliphatic carbocycles. The highest BCUT2D eigenvalue weighted by Crippen LogP contribution is 2.45. The molecule has 0 radical (unpaired) electrons. The molecule has 1 aromatic heterocycles. The molecule has 4 aromatic rings. The first kappa shape index (κ1) is 22.8. The number of benzene rings is 3. The van der Waals surface area contributed by atoms with Crippen molar-refractivity contribution in [2.45, 2.75) is 12.7 Å². The average molecular weight is 602 g/mol. The summed E-state index contributed by atoms with van der Waals surface area (Å²) in [5.74, 6) is -0.599. The number of aryl methyl sites for hydroxylation is 1. The van der Waals surface area contributed by atoms with E-state index in [9.17, 15) is 18.5 Å². The summed E-state index contributed by atoms with van der Waals surface area (Å²) in [6.07, 6.45) is 0. The second-order valence-electron chi connectivity index (χ2n) is 6.84. The average Bonchev–Trinajstić information content (AvgIpc) is 2.75. The highest BCUT2D eigenvalue weighted by Gasteiger charge is 2.25. The minimum Gasteiger partial charge on any atom is -0.378 e. The second kappa shape index (κ2) is 8.54. The van der Waals surface area contributed by atoms with E-state index in [-0.39, 0.29) is 26.4 Å². The highest BCUT2D eigenvalue weighted by molar-refractivity contribution is 9.11. The zero-order valence-corrected chi connectivity index (χ0v) is 20.9. The molecule has 32 heavy (non-hydrogen) atoms. The van der Waals surface area contributed by atoms with Crippen molar-refractivity contribution in [3.8, 4) is 5.75 Å². The van der Waals surface area contributed by atoms with Gasteiger partial charge in [-0.05, 0) is 56.0 Å². The summed E-state index contributed by atoms with van der Waals surface area (Å²) >= 11 is 13.1. The van der Waals surface area contributed by atoms with Gasteiger partial charge in [-0.15, -0.1) is 0 Å². The Balaban J connectivity index is 1.81. The first-order chi connectivity index (χ1) is 15.1. The number of hydrogen-bond donors (Lipinski definition) is 0. The van der Waals surface area contributed by atoms with E-state index in [1.165, 1.54) is 24.3 Å².